The number of nitrogens with zero attached hydrogens (tertiary/aromatic N) is 1. The van der Waals surface area contributed by atoms with Crippen molar-refractivity contribution in [2.45, 2.75) is 13.5 Å². The maximum atomic E-state index is 12.5. The van der Waals surface area contributed by atoms with E-state index in [-0.39, 0.29) is 12.5 Å². The number of sulfonamides is 1. The molecule has 0 spiro atoms. The molecule has 1 amide bonds. The van der Waals surface area contributed by atoms with Gasteiger partial charge < -0.3 is 14.8 Å². The SMILES string of the molecule is CCOc1ccc(N(Cc2ccc(C(=O)Nc3ccc(OC)cc3)cc2)S(C)(=O)=O)cc1. The standard InChI is InChI=1S/C24H26N2O5S/c1-4-31-23-15-11-21(12-16-23)26(32(3,28)29)17-18-5-7-19(8-6-18)24(27)25-20-9-13-22(30-2)14-10-20/h5-16H,4,17H2,1-3H3,(H,25,27). The average Bonchev–Trinajstić information content (AvgIpc) is 2.78. The molecule has 168 valence electrons. The maximum Gasteiger partial charge on any atom is 0.255 e. The first-order chi connectivity index (χ1) is 15.3. The normalized spacial score (nSPS) is 11.0. The zero-order valence-corrected chi connectivity index (χ0v) is 19.1. The van der Waals surface area contributed by atoms with Gasteiger partial charge in [-0.05, 0) is 73.2 Å². The first-order valence-electron chi connectivity index (χ1n) is 10.0. The summed E-state index contributed by atoms with van der Waals surface area (Å²) in [5.41, 5.74) is 2.41. The first kappa shape index (κ1) is 23.1. The first-order valence-corrected chi connectivity index (χ1v) is 11.9. The number of carbonyl (C=O) groups excluding carboxylic acids is 1. The van der Waals surface area contributed by atoms with Crippen molar-refractivity contribution < 1.29 is 22.7 Å². The van der Waals surface area contributed by atoms with Crippen LogP contribution in [0.15, 0.2) is 72.8 Å². The molecule has 0 aliphatic carbocycles. The Balaban J connectivity index is 1.72. The smallest absolute Gasteiger partial charge is 0.255 e. The van der Waals surface area contributed by atoms with Crippen LogP contribution in [0, 0.1) is 0 Å². The molecule has 3 aromatic carbocycles. The van der Waals surface area contributed by atoms with E-state index in [1.54, 1.807) is 79.9 Å². The molecule has 7 nitrogen and oxygen atoms in total. The highest BCUT2D eigenvalue weighted by molar-refractivity contribution is 7.92. The highest BCUT2D eigenvalue weighted by Crippen LogP contribution is 2.24. The Morgan fingerprint density at radius 1 is 0.906 bits per heavy atom. The monoisotopic (exact) mass is 454 g/mol. The topological polar surface area (TPSA) is 84.9 Å². The lowest BCUT2D eigenvalue weighted by Crippen LogP contribution is -2.29. The molecule has 0 saturated carbocycles. The third kappa shape index (κ3) is 6.01. The van der Waals surface area contributed by atoms with Crippen LogP contribution >= 0.6 is 0 Å². The van der Waals surface area contributed by atoms with Gasteiger partial charge in [0.05, 0.1) is 32.2 Å². The molecule has 3 aromatic rings. The molecule has 0 saturated heterocycles. The summed E-state index contributed by atoms with van der Waals surface area (Å²) in [5.74, 6) is 1.13. The lowest BCUT2D eigenvalue weighted by molar-refractivity contribution is 0.102. The van der Waals surface area contributed by atoms with Gasteiger partial charge in [-0.25, -0.2) is 8.42 Å². The number of methoxy groups -OCH3 is 1. The summed E-state index contributed by atoms with van der Waals surface area (Å²) in [6.07, 6.45) is 1.17. The summed E-state index contributed by atoms with van der Waals surface area (Å²) in [7, 11) is -1.93. The molecule has 0 fully saturated rings. The summed E-state index contributed by atoms with van der Waals surface area (Å²) in [4.78, 5) is 12.5. The molecule has 3 rings (SSSR count). The predicted molar refractivity (Wildman–Crippen MR) is 126 cm³/mol. The molecule has 32 heavy (non-hydrogen) atoms. The Bertz CT molecular complexity index is 1140. The molecule has 0 aliphatic heterocycles. The van der Waals surface area contributed by atoms with Crippen LogP contribution in [-0.4, -0.2) is 34.3 Å². The lowest BCUT2D eigenvalue weighted by Gasteiger charge is -2.23. The number of hydrogen-bond donors (Lipinski definition) is 1. The Morgan fingerprint density at radius 2 is 1.50 bits per heavy atom. The molecule has 8 heteroatoms. The van der Waals surface area contributed by atoms with Crippen molar-refractivity contribution in [2.75, 3.05) is 29.6 Å². The van der Waals surface area contributed by atoms with Gasteiger partial charge in [-0.1, -0.05) is 12.1 Å². The molecule has 0 unspecified atom stereocenters. The van der Waals surface area contributed by atoms with Crippen LogP contribution in [0.3, 0.4) is 0 Å². The third-order valence-corrected chi connectivity index (χ3v) is 5.87. The molecule has 0 radical (unpaired) electrons. The molecule has 0 heterocycles. The quantitative estimate of drug-likeness (QED) is 0.521. The highest BCUT2D eigenvalue weighted by Gasteiger charge is 2.18. The predicted octanol–water partition coefficient (Wildman–Crippen LogP) is 4.31. The second-order valence-electron chi connectivity index (χ2n) is 7.08. The number of benzene rings is 3. The van der Waals surface area contributed by atoms with Crippen molar-refractivity contribution in [3.63, 3.8) is 0 Å². The van der Waals surface area contributed by atoms with Crippen molar-refractivity contribution in [3.05, 3.63) is 83.9 Å². The Morgan fingerprint density at radius 3 is 2.03 bits per heavy atom. The summed E-state index contributed by atoms with van der Waals surface area (Å²) in [6.45, 7) is 2.57. The number of anilines is 2. The zero-order chi connectivity index (χ0) is 23.1. The van der Waals surface area contributed by atoms with E-state index >= 15 is 0 Å². The minimum absolute atomic E-state index is 0.146. The lowest BCUT2D eigenvalue weighted by atomic mass is 10.1. The van der Waals surface area contributed by atoms with Gasteiger partial charge in [-0.15, -0.1) is 0 Å². The van der Waals surface area contributed by atoms with Gasteiger partial charge >= 0.3 is 0 Å². The average molecular weight is 455 g/mol. The van der Waals surface area contributed by atoms with Gasteiger partial charge in [0.1, 0.15) is 11.5 Å². The zero-order valence-electron chi connectivity index (χ0n) is 18.2. The van der Waals surface area contributed by atoms with E-state index in [2.05, 4.69) is 5.32 Å². The molecule has 0 atom stereocenters. The summed E-state index contributed by atoms with van der Waals surface area (Å²) >= 11 is 0. The Labute approximate surface area is 188 Å². The van der Waals surface area contributed by atoms with E-state index in [9.17, 15) is 13.2 Å². The molecule has 1 N–H and O–H groups in total. The van der Waals surface area contributed by atoms with Crippen LogP contribution in [0.1, 0.15) is 22.8 Å². The van der Waals surface area contributed by atoms with Gasteiger partial charge in [0.25, 0.3) is 5.91 Å². The van der Waals surface area contributed by atoms with Gasteiger partial charge in [0, 0.05) is 11.3 Å². The number of rotatable bonds is 9. The summed E-state index contributed by atoms with van der Waals surface area (Å²) in [5, 5.41) is 2.82. The number of amides is 1. The van der Waals surface area contributed by atoms with Crippen molar-refractivity contribution in [1.29, 1.82) is 0 Å². The molecular weight excluding hydrogens is 428 g/mol. The molecule has 0 aliphatic rings. The van der Waals surface area contributed by atoms with E-state index in [0.717, 1.165) is 5.56 Å². The Kier molecular flexibility index (Phi) is 7.37. The molecule has 0 aromatic heterocycles. The number of hydrogen-bond acceptors (Lipinski definition) is 5. The van der Waals surface area contributed by atoms with Gasteiger partial charge in [-0.3, -0.25) is 9.10 Å². The van der Waals surface area contributed by atoms with Crippen LogP contribution in [0.2, 0.25) is 0 Å². The number of nitrogens with one attached hydrogen (secondary N) is 1. The molecular formula is C24H26N2O5S. The van der Waals surface area contributed by atoms with Crippen molar-refractivity contribution in [3.8, 4) is 11.5 Å². The summed E-state index contributed by atoms with van der Waals surface area (Å²) in [6, 6.07) is 20.8. The van der Waals surface area contributed by atoms with Gasteiger partial charge in [0.15, 0.2) is 0 Å². The van der Waals surface area contributed by atoms with Crippen LogP contribution in [0.25, 0.3) is 0 Å². The maximum absolute atomic E-state index is 12.5. The van der Waals surface area contributed by atoms with Crippen LogP contribution in [0.4, 0.5) is 11.4 Å². The van der Waals surface area contributed by atoms with Gasteiger partial charge in [0.2, 0.25) is 10.0 Å². The van der Waals surface area contributed by atoms with Gasteiger partial charge in [-0.2, -0.15) is 0 Å². The third-order valence-electron chi connectivity index (χ3n) is 4.73. The number of carbonyl (C=O) groups is 1. The van der Waals surface area contributed by atoms with E-state index in [1.165, 1.54) is 10.6 Å². The van der Waals surface area contributed by atoms with Crippen LogP contribution in [-0.2, 0) is 16.6 Å². The van der Waals surface area contributed by atoms with Crippen LogP contribution < -0.4 is 19.1 Å². The summed E-state index contributed by atoms with van der Waals surface area (Å²) < 4.78 is 36.6. The van der Waals surface area contributed by atoms with E-state index in [4.69, 9.17) is 9.47 Å². The fourth-order valence-corrected chi connectivity index (χ4v) is 3.97. The van der Waals surface area contributed by atoms with Crippen molar-refractivity contribution in [1.82, 2.24) is 0 Å². The fraction of sp³-hybridized carbons (Fsp3) is 0.208. The minimum atomic E-state index is -3.51. The second kappa shape index (κ2) is 10.2. The molecule has 0 bridgehead atoms. The van der Waals surface area contributed by atoms with Crippen molar-refractivity contribution >= 4 is 27.3 Å². The fourth-order valence-electron chi connectivity index (χ4n) is 3.08. The van der Waals surface area contributed by atoms with E-state index in [1.807, 2.05) is 6.92 Å². The number of ether oxygens (including phenoxy) is 2. The highest BCUT2D eigenvalue weighted by atomic mass is 32.2. The van der Waals surface area contributed by atoms with Crippen molar-refractivity contribution in [2.24, 2.45) is 0 Å². The minimum Gasteiger partial charge on any atom is -0.497 e. The largest absolute Gasteiger partial charge is 0.497 e. The second-order valence-corrected chi connectivity index (χ2v) is 8.98. The van der Waals surface area contributed by atoms with E-state index < -0.39 is 10.0 Å². The van der Waals surface area contributed by atoms with E-state index in [0.29, 0.717) is 35.0 Å². The Hall–Kier alpha value is -3.52. The van der Waals surface area contributed by atoms with Crippen LogP contribution in [0.5, 0.6) is 11.5 Å².